The SMILES string of the molecule is COc1ccc(CN(C)CCO)cc1C#CCO. The van der Waals surface area contributed by atoms with Crippen LogP contribution in [0.3, 0.4) is 0 Å². The molecular formula is C14H19NO3. The first kappa shape index (κ1) is 14.5. The Morgan fingerprint density at radius 3 is 2.72 bits per heavy atom. The average molecular weight is 249 g/mol. The molecule has 0 aliphatic heterocycles. The predicted molar refractivity (Wildman–Crippen MR) is 70.4 cm³/mol. The van der Waals surface area contributed by atoms with E-state index in [0.29, 0.717) is 12.3 Å². The summed E-state index contributed by atoms with van der Waals surface area (Å²) in [4.78, 5) is 2.02. The minimum Gasteiger partial charge on any atom is -0.495 e. The van der Waals surface area contributed by atoms with Gasteiger partial charge in [-0.1, -0.05) is 17.9 Å². The summed E-state index contributed by atoms with van der Waals surface area (Å²) >= 11 is 0. The zero-order chi connectivity index (χ0) is 13.4. The lowest BCUT2D eigenvalue weighted by Crippen LogP contribution is -2.21. The average Bonchev–Trinajstić information content (AvgIpc) is 2.36. The zero-order valence-corrected chi connectivity index (χ0v) is 10.8. The highest BCUT2D eigenvalue weighted by molar-refractivity contribution is 5.48. The van der Waals surface area contributed by atoms with Gasteiger partial charge in [-0.05, 0) is 24.7 Å². The predicted octanol–water partition coefficient (Wildman–Crippen LogP) is 0.463. The van der Waals surface area contributed by atoms with Crippen LogP contribution in [0.1, 0.15) is 11.1 Å². The number of likely N-dealkylation sites (N-methyl/N-ethyl adjacent to an activating group) is 1. The molecule has 0 spiro atoms. The molecule has 0 saturated carbocycles. The van der Waals surface area contributed by atoms with Gasteiger partial charge in [0.05, 0.1) is 19.3 Å². The van der Waals surface area contributed by atoms with Gasteiger partial charge in [0, 0.05) is 13.1 Å². The molecule has 0 saturated heterocycles. The molecule has 0 atom stereocenters. The minimum absolute atomic E-state index is 0.143. The van der Waals surface area contributed by atoms with E-state index in [-0.39, 0.29) is 13.2 Å². The first-order valence-electron chi connectivity index (χ1n) is 5.77. The molecular weight excluding hydrogens is 230 g/mol. The Labute approximate surface area is 108 Å². The summed E-state index contributed by atoms with van der Waals surface area (Å²) in [6, 6.07) is 5.77. The zero-order valence-electron chi connectivity index (χ0n) is 10.8. The van der Waals surface area contributed by atoms with E-state index >= 15 is 0 Å². The fourth-order valence-corrected chi connectivity index (χ4v) is 1.65. The molecule has 4 heteroatoms. The van der Waals surface area contributed by atoms with Crippen LogP contribution in [0.25, 0.3) is 0 Å². The summed E-state index contributed by atoms with van der Waals surface area (Å²) in [6.45, 7) is 1.34. The second-order valence-corrected chi connectivity index (χ2v) is 3.96. The highest BCUT2D eigenvalue weighted by atomic mass is 16.5. The number of ether oxygens (including phenoxy) is 1. The molecule has 0 heterocycles. The summed E-state index contributed by atoms with van der Waals surface area (Å²) in [5, 5.41) is 17.6. The Hall–Kier alpha value is -1.54. The van der Waals surface area contributed by atoms with Gasteiger partial charge in [-0.25, -0.2) is 0 Å². The standard InChI is InChI=1S/C14H19NO3/c1-15(7-9-17)11-12-5-6-14(18-2)13(10-12)4-3-8-16/h5-6,10,16-17H,7-9,11H2,1-2H3. The van der Waals surface area contributed by atoms with Crippen molar-refractivity contribution in [3.63, 3.8) is 0 Å². The van der Waals surface area contributed by atoms with E-state index in [1.54, 1.807) is 7.11 Å². The third-order valence-electron chi connectivity index (χ3n) is 2.50. The molecule has 18 heavy (non-hydrogen) atoms. The van der Waals surface area contributed by atoms with Crippen LogP contribution in [0.5, 0.6) is 5.75 Å². The maximum Gasteiger partial charge on any atom is 0.134 e. The summed E-state index contributed by atoms with van der Waals surface area (Å²) in [6.07, 6.45) is 0. The molecule has 4 nitrogen and oxygen atoms in total. The van der Waals surface area contributed by atoms with Crippen molar-refractivity contribution in [1.29, 1.82) is 0 Å². The summed E-state index contributed by atoms with van der Waals surface area (Å²) in [7, 11) is 3.54. The molecule has 1 aromatic carbocycles. The van der Waals surface area contributed by atoms with Crippen molar-refractivity contribution >= 4 is 0 Å². The fraction of sp³-hybridized carbons (Fsp3) is 0.429. The molecule has 0 radical (unpaired) electrons. The number of benzene rings is 1. The summed E-state index contributed by atoms with van der Waals surface area (Å²) in [5.74, 6) is 6.18. The molecule has 0 aliphatic carbocycles. The van der Waals surface area contributed by atoms with E-state index in [9.17, 15) is 0 Å². The first-order chi connectivity index (χ1) is 8.71. The van der Waals surface area contributed by atoms with Crippen LogP contribution in [0, 0.1) is 11.8 Å². The maximum atomic E-state index is 8.86. The van der Waals surface area contributed by atoms with Crippen LogP contribution in [0.4, 0.5) is 0 Å². The van der Waals surface area contributed by atoms with Gasteiger partial charge in [0.15, 0.2) is 0 Å². The summed E-state index contributed by atoms with van der Waals surface area (Å²) < 4.78 is 5.21. The summed E-state index contributed by atoms with van der Waals surface area (Å²) in [5.41, 5.74) is 1.86. The lowest BCUT2D eigenvalue weighted by atomic mass is 10.1. The van der Waals surface area contributed by atoms with Gasteiger partial charge < -0.3 is 14.9 Å². The molecule has 1 rings (SSSR count). The van der Waals surface area contributed by atoms with Crippen molar-refractivity contribution < 1.29 is 14.9 Å². The molecule has 0 unspecified atom stereocenters. The van der Waals surface area contributed by atoms with Crippen LogP contribution >= 0.6 is 0 Å². The van der Waals surface area contributed by atoms with Crippen molar-refractivity contribution in [3.05, 3.63) is 29.3 Å². The molecule has 98 valence electrons. The smallest absolute Gasteiger partial charge is 0.134 e. The number of rotatable bonds is 5. The van der Waals surface area contributed by atoms with Gasteiger partial charge in [-0.3, -0.25) is 4.90 Å². The van der Waals surface area contributed by atoms with Crippen molar-refractivity contribution in [2.24, 2.45) is 0 Å². The molecule has 0 amide bonds. The Morgan fingerprint density at radius 1 is 1.33 bits per heavy atom. The van der Waals surface area contributed by atoms with E-state index in [1.165, 1.54) is 0 Å². The number of methoxy groups -OCH3 is 1. The fourth-order valence-electron chi connectivity index (χ4n) is 1.65. The normalized spacial score (nSPS) is 10.1. The topological polar surface area (TPSA) is 52.9 Å². The monoisotopic (exact) mass is 249 g/mol. The van der Waals surface area contributed by atoms with Crippen molar-refractivity contribution in [3.8, 4) is 17.6 Å². The van der Waals surface area contributed by atoms with E-state index in [0.717, 1.165) is 17.7 Å². The Balaban J connectivity index is 2.88. The van der Waals surface area contributed by atoms with Crippen LogP contribution in [0.15, 0.2) is 18.2 Å². The number of aliphatic hydroxyl groups excluding tert-OH is 2. The molecule has 0 bridgehead atoms. The number of aliphatic hydroxyl groups is 2. The number of nitrogens with zero attached hydrogens (tertiary/aromatic N) is 1. The Bertz CT molecular complexity index is 434. The lowest BCUT2D eigenvalue weighted by molar-refractivity contribution is 0.217. The van der Waals surface area contributed by atoms with Crippen molar-refractivity contribution in [2.75, 3.05) is 33.9 Å². The number of hydrogen-bond acceptors (Lipinski definition) is 4. The quantitative estimate of drug-likeness (QED) is 0.745. The first-order valence-corrected chi connectivity index (χ1v) is 5.77. The third-order valence-corrected chi connectivity index (χ3v) is 2.50. The molecule has 2 N–H and O–H groups in total. The number of hydrogen-bond donors (Lipinski definition) is 2. The highest BCUT2D eigenvalue weighted by Gasteiger charge is 2.04. The minimum atomic E-state index is -0.169. The largest absolute Gasteiger partial charge is 0.495 e. The second kappa shape index (κ2) is 7.72. The van der Waals surface area contributed by atoms with Crippen molar-refractivity contribution in [2.45, 2.75) is 6.54 Å². The van der Waals surface area contributed by atoms with Crippen LogP contribution in [-0.2, 0) is 6.54 Å². The third kappa shape index (κ3) is 4.38. The van der Waals surface area contributed by atoms with E-state index in [1.807, 2.05) is 30.1 Å². The van der Waals surface area contributed by atoms with E-state index in [4.69, 9.17) is 14.9 Å². The van der Waals surface area contributed by atoms with Crippen LogP contribution < -0.4 is 4.74 Å². The van der Waals surface area contributed by atoms with Gasteiger partial charge in [-0.15, -0.1) is 0 Å². The Kier molecular flexibility index (Phi) is 6.23. The van der Waals surface area contributed by atoms with E-state index in [2.05, 4.69) is 11.8 Å². The van der Waals surface area contributed by atoms with Crippen LogP contribution in [-0.4, -0.2) is 49.0 Å². The second-order valence-electron chi connectivity index (χ2n) is 3.96. The van der Waals surface area contributed by atoms with Gasteiger partial charge in [0.2, 0.25) is 0 Å². The highest BCUT2D eigenvalue weighted by Crippen LogP contribution is 2.19. The van der Waals surface area contributed by atoms with Gasteiger partial charge >= 0.3 is 0 Å². The van der Waals surface area contributed by atoms with Gasteiger partial charge in [0.25, 0.3) is 0 Å². The molecule has 0 aromatic heterocycles. The van der Waals surface area contributed by atoms with Gasteiger partial charge in [-0.2, -0.15) is 0 Å². The Morgan fingerprint density at radius 2 is 2.11 bits per heavy atom. The molecule has 1 aromatic rings. The molecule has 0 aliphatic rings. The van der Waals surface area contributed by atoms with E-state index < -0.39 is 0 Å². The van der Waals surface area contributed by atoms with Crippen LogP contribution in [0.2, 0.25) is 0 Å². The van der Waals surface area contributed by atoms with Gasteiger partial charge in [0.1, 0.15) is 12.4 Å². The van der Waals surface area contributed by atoms with Crippen molar-refractivity contribution in [1.82, 2.24) is 4.90 Å². The molecule has 0 fully saturated rings. The maximum absolute atomic E-state index is 8.86. The lowest BCUT2D eigenvalue weighted by Gasteiger charge is -2.15.